The minimum Gasteiger partial charge on any atom is -0.463 e. The van der Waals surface area contributed by atoms with Gasteiger partial charge in [0.1, 0.15) is 0 Å². The quantitative estimate of drug-likeness (QED) is 0.535. The largest absolute Gasteiger partial charge is 0.463 e. The highest BCUT2D eigenvalue weighted by Crippen LogP contribution is 2.33. The zero-order valence-corrected chi connectivity index (χ0v) is 10.8. The highest BCUT2D eigenvalue weighted by molar-refractivity contribution is 5.88. The molecule has 0 amide bonds. The van der Waals surface area contributed by atoms with Gasteiger partial charge in [0.15, 0.2) is 0 Å². The smallest absolute Gasteiger partial charge is 0.333 e. The molecule has 1 fully saturated rings. The third-order valence-electron chi connectivity index (χ3n) is 3.54. The summed E-state index contributed by atoms with van der Waals surface area (Å²) in [4.78, 5) is 11.7. The third-order valence-corrected chi connectivity index (χ3v) is 3.54. The van der Waals surface area contributed by atoms with Crippen molar-refractivity contribution in [2.75, 3.05) is 6.61 Å². The predicted molar refractivity (Wildman–Crippen MR) is 66.2 cm³/mol. The van der Waals surface area contributed by atoms with Crippen LogP contribution in [-0.4, -0.2) is 12.6 Å². The molecule has 92 valence electrons. The van der Waals surface area contributed by atoms with E-state index in [2.05, 4.69) is 6.92 Å². The summed E-state index contributed by atoms with van der Waals surface area (Å²) in [5.41, 5.74) is 2.19. The van der Waals surface area contributed by atoms with Crippen molar-refractivity contribution in [1.29, 1.82) is 0 Å². The van der Waals surface area contributed by atoms with E-state index in [1.807, 2.05) is 13.8 Å². The minimum atomic E-state index is -0.120. The highest BCUT2D eigenvalue weighted by Gasteiger charge is 2.21. The average molecular weight is 224 g/mol. The van der Waals surface area contributed by atoms with Crippen molar-refractivity contribution in [3.05, 3.63) is 11.1 Å². The first kappa shape index (κ1) is 13.3. The number of esters is 1. The summed E-state index contributed by atoms with van der Waals surface area (Å²) < 4.78 is 5.08. The summed E-state index contributed by atoms with van der Waals surface area (Å²) in [5.74, 6) is 0.507. The molecule has 0 atom stereocenters. The van der Waals surface area contributed by atoms with Gasteiger partial charge in [-0.2, -0.15) is 0 Å². The van der Waals surface area contributed by atoms with Crippen LogP contribution in [0.25, 0.3) is 0 Å². The second-order valence-corrected chi connectivity index (χ2v) is 4.56. The van der Waals surface area contributed by atoms with Crippen LogP contribution < -0.4 is 0 Å². The van der Waals surface area contributed by atoms with Crippen molar-refractivity contribution in [2.24, 2.45) is 5.92 Å². The highest BCUT2D eigenvalue weighted by atomic mass is 16.5. The van der Waals surface area contributed by atoms with E-state index in [0.29, 0.717) is 12.5 Å². The van der Waals surface area contributed by atoms with E-state index in [9.17, 15) is 4.79 Å². The Balaban J connectivity index is 2.76. The number of carbonyl (C=O) groups is 1. The van der Waals surface area contributed by atoms with E-state index in [0.717, 1.165) is 12.0 Å². The Morgan fingerprint density at radius 2 is 1.81 bits per heavy atom. The Kier molecular flexibility index (Phi) is 5.58. The standard InChI is InChI=1S/C14H24O2/c1-4-13(11(3)14(15)16-5-2)12-9-7-6-8-10-12/h12H,4-10H2,1-3H3. The molecule has 0 aliphatic heterocycles. The van der Waals surface area contributed by atoms with Crippen LogP contribution in [0.15, 0.2) is 11.1 Å². The molecule has 0 radical (unpaired) electrons. The van der Waals surface area contributed by atoms with Crippen LogP contribution in [0.2, 0.25) is 0 Å². The number of ether oxygens (including phenoxy) is 1. The molecule has 0 spiro atoms. The minimum absolute atomic E-state index is 0.120. The van der Waals surface area contributed by atoms with Crippen LogP contribution in [0.1, 0.15) is 59.3 Å². The molecule has 0 unspecified atom stereocenters. The lowest BCUT2D eigenvalue weighted by atomic mass is 9.81. The monoisotopic (exact) mass is 224 g/mol. The maximum atomic E-state index is 11.7. The summed E-state index contributed by atoms with van der Waals surface area (Å²) in [5, 5.41) is 0. The van der Waals surface area contributed by atoms with Crippen molar-refractivity contribution in [3.63, 3.8) is 0 Å². The lowest BCUT2D eigenvalue weighted by Crippen LogP contribution is -2.15. The van der Waals surface area contributed by atoms with Gasteiger partial charge in [-0.3, -0.25) is 0 Å². The fraction of sp³-hybridized carbons (Fsp3) is 0.786. The number of hydrogen-bond donors (Lipinski definition) is 0. The first-order valence-corrected chi connectivity index (χ1v) is 6.57. The molecule has 1 aliphatic rings. The Morgan fingerprint density at radius 3 is 2.31 bits per heavy atom. The fourth-order valence-electron chi connectivity index (χ4n) is 2.68. The average Bonchev–Trinajstić information content (AvgIpc) is 2.31. The third kappa shape index (κ3) is 3.36. The fourth-order valence-corrected chi connectivity index (χ4v) is 2.68. The lowest BCUT2D eigenvalue weighted by Gasteiger charge is -2.25. The van der Waals surface area contributed by atoms with Crippen LogP contribution in [0.5, 0.6) is 0 Å². The Hall–Kier alpha value is -0.790. The molecule has 1 saturated carbocycles. The normalized spacial score (nSPS) is 19.2. The topological polar surface area (TPSA) is 26.3 Å². The summed E-state index contributed by atoms with van der Waals surface area (Å²) in [6.07, 6.45) is 7.45. The summed E-state index contributed by atoms with van der Waals surface area (Å²) in [6.45, 7) is 6.40. The zero-order valence-electron chi connectivity index (χ0n) is 10.8. The number of carbonyl (C=O) groups excluding carboxylic acids is 1. The molecule has 1 rings (SSSR count). The van der Waals surface area contributed by atoms with E-state index < -0.39 is 0 Å². The predicted octanol–water partition coefficient (Wildman–Crippen LogP) is 3.86. The van der Waals surface area contributed by atoms with Crippen molar-refractivity contribution >= 4 is 5.97 Å². The van der Waals surface area contributed by atoms with Gasteiger partial charge in [-0.05, 0) is 39.0 Å². The Morgan fingerprint density at radius 1 is 1.19 bits per heavy atom. The molecule has 2 nitrogen and oxygen atoms in total. The van der Waals surface area contributed by atoms with Gasteiger partial charge in [0.25, 0.3) is 0 Å². The van der Waals surface area contributed by atoms with Crippen LogP contribution >= 0.6 is 0 Å². The van der Waals surface area contributed by atoms with Gasteiger partial charge in [0.05, 0.1) is 6.61 Å². The molecule has 0 aromatic heterocycles. The molecule has 2 heteroatoms. The number of hydrogen-bond acceptors (Lipinski definition) is 2. The molecular formula is C14H24O2. The molecule has 0 bridgehead atoms. The number of allylic oxidation sites excluding steroid dienone is 1. The van der Waals surface area contributed by atoms with Crippen LogP contribution in [0.4, 0.5) is 0 Å². The maximum absolute atomic E-state index is 11.7. The Labute approximate surface area is 99.1 Å². The first-order valence-electron chi connectivity index (χ1n) is 6.57. The summed E-state index contributed by atoms with van der Waals surface area (Å²) in [6, 6.07) is 0. The van der Waals surface area contributed by atoms with E-state index in [1.54, 1.807) is 0 Å². The number of rotatable bonds is 4. The van der Waals surface area contributed by atoms with E-state index >= 15 is 0 Å². The van der Waals surface area contributed by atoms with Gasteiger partial charge in [-0.15, -0.1) is 0 Å². The molecule has 16 heavy (non-hydrogen) atoms. The maximum Gasteiger partial charge on any atom is 0.333 e. The first-order chi connectivity index (χ1) is 7.70. The SMILES string of the molecule is CCOC(=O)C(C)=C(CC)C1CCCCC1. The van der Waals surface area contributed by atoms with Crippen molar-refractivity contribution in [2.45, 2.75) is 59.3 Å². The summed E-state index contributed by atoms with van der Waals surface area (Å²) in [7, 11) is 0. The molecule has 0 heterocycles. The Bertz CT molecular complexity index is 260. The van der Waals surface area contributed by atoms with Crippen LogP contribution in [0.3, 0.4) is 0 Å². The van der Waals surface area contributed by atoms with Gasteiger partial charge in [0, 0.05) is 5.57 Å². The molecule has 1 aliphatic carbocycles. The van der Waals surface area contributed by atoms with E-state index in [1.165, 1.54) is 37.7 Å². The summed E-state index contributed by atoms with van der Waals surface area (Å²) >= 11 is 0. The molecule has 0 aromatic rings. The van der Waals surface area contributed by atoms with Gasteiger partial charge in [-0.1, -0.05) is 31.8 Å². The van der Waals surface area contributed by atoms with Crippen LogP contribution in [0, 0.1) is 5.92 Å². The van der Waals surface area contributed by atoms with Crippen molar-refractivity contribution in [1.82, 2.24) is 0 Å². The van der Waals surface area contributed by atoms with Gasteiger partial charge in [0.2, 0.25) is 0 Å². The second-order valence-electron chi connectivity index (χ2n) is 4.56. The van der Waals surface area contributed by atoms with Crippen LogP contribution in [-0.2, 0) is 9.53 Å². The second kappa shape index (κ2) is 6.72. The van der Waals surface area contributed by atoms with Gasteiger partial charge in [-0.25, -0.2) is 4.79 Å². The van der Waals surface area contributed by atoms with E-state index in [-0.39, 0.29) is 5.97 Å². The van der Waals surface area contributed by atoms with Gasteiger partial charge < -0.3 is 4.74 Å². The molecular weight excluding hydrogens is 200 g/mol. The van der Waals surface area contributed by atoms with Crippen molar-refractivity contribution in [3.8, 4) is 0 Å². The molecule has 0 saturated heterocycles. The molecule has 0 N–H and O–H groups in total. The molecule has 0 aromatic carbocycles. The van der Waals surface area contributed by atoms with Crippen molar-refractivity contribution < 1.29 is 9.53 Å². The zero-order chi connectivity index (χ0) is 12.0. The van der Waals surface area contributed by atoms with E-state index in [4.69, 9.17) is 4.74 Å². The van der Waals surface area contributed by atoms with Gasteiger partial charge >= 0.3 is 5.97 Å². The lowest BCUT2D eigenvalue weighted by molar-refractivity contribution is -0.138.